The van der Waals surface area contributed by atoms with Crippen molar-refractivity contribution in [1.29, 1.82) is 0 Å². The molecule has 0 bridgehead atoms. The van der Waals surface area contributed by atoms with Crippen LogP contribution in [0.2, 0.25) is 0 Å². The Morgan fingerprint density at radius 1 is 1.06 bits per heavy atom. The minimum Gasteiger partial charge on any atom is -0.494 e. The first-order valence-electron chi connectivity index (χ1n) is 11.2. The Kier molecular flexibility index (Phi) is 7.15. The van der Waals surface area contributed by atoms with Gasteiger partial charge >= 0.3 is 5.97 Å². The summed E-state index contributed by atoms with van der Waals surface area (Å²) in [6.45, 7) is 4.01. The van der Waals surface area contributed by atoms with Crippen molar-refractivity contribution >= 4 is 33.0 Å². The maximum Gasteiger partial charge on any atom is 0.328 e. The molecule has 0 radical (unpaired) electrons. The first-order valence-corrected chi connectivity index (χ1v) is 12.6. The number of benzene rings is 2. The van der Waals surface area contributed by atoms with Crippen molar-refractivity contribution in [3.8, 4) is 5.75 Å². The molecule has 4 rings (SSSR count). The molecule has 2 aromatic carbocycles. The van der Waals surface area contributed by atoms with E-state index in [4.69, 9.17) is 9.84 Å². The number of fused-ring (bicyclic) bond motifs is 1. The molecule has 174 valence electrons. The van der Waals surface area contributed by atoms with Gasteiger partial charge in [-0.05, 0) is 80.4 Å². The smallest absolute Gasteiger partial charge is 0.328 e. The van der Waals surface area contributed by atoms with Crippen LogP contribution in [0.15, 0.2) is 65.7 Å². The molecule has 2 heterocycles. The van der Waals surface area contributed by atoms with Crippen molar-refractivity contribution < 1.29 is 23.1 Å². The van der Waals surface area contributed by atoms with Crippen molar-refractivity contribution in [3.05, 3.63) is 66.4 Å². The lowest BCUT2D eigenvalue weighted by Gasteiger charge is -2.26. The first kappa shape index (κ1) is 23.1. The topological polar surface area (TPSA) is 88.8 Å². The van der Waals surface area contributed by atoms with Gasteiger partial charge in [0, 0.05) is 24.2 Å². The molecule has 0 spiro atoms. The van der Waals surface area contributed by atoms with Crippen LogP contribution in [0.4, 0.5) is 0 Å². The molecule has 0 saturated carbocycles. The average Bonchev–Trinajstić information content (AvgIpc) is 3.25. The summed E-state index contributed by atoms with van der Waals surface area (Å²) in [4.78, 5) is 13.3. The molecular formula is C25H28N2O5S. The SMILES string of the molecule is O=C(O)/C=C/c1cccc(S(=O)(=O)n2ccc3cc(OCCCN4CCCCC4)ccc32)c1. The molecule has 1 aliphatic heterocycles. The van der Waals surface area contributed by atoms with E-state index < -0.39 is 16.0 Å². The summed E-state index contributed by atoms with van der Waals surface area (Å²) in [6.07, 6.45) is 8.71. The van der Waals surface area contributed by atoms with Gasteiger partial charge in [0.05, 0.1) is 17.0 Å². The Bertz CT molecular complexity index is 1260. The fourth-order valence-electron chi connectivity index (χ4n) is 4.12. The molecule has 33 heavy (non-hydrogen) atoms. The van der Waals surface area contributed by atoms with Crippen LogP contribution in [0.25, 0.3) is 17.0 Å². The van der Waals surface area contributed by atoms with Crippen molar-refractivity contribution in [2.24, 2.45) is 0 Å². The molecule has 1 aromatic heterocycles. The second kappa shape index (κ2) is 10.2. The maximum absolute atomic E-state index is 13.2. The van der Waals surface area contributed by atoms with E-state index in [9.17, 15) is 13.2 Å². The summed E-state index contributed by atoms with van der Waals surface area (Å²) in [7, 11) is -3.84. The van der Waals surface area contributed by atoms with Crippen molar-refractivity contribution in [2.45, 2.75) is 30.6 Å². The van der Waals surface area contributed by atoms with Gasteiger partial charge < -0.3 is 14.7 Å². The zero-order valence-corrected chi connectivity index (χ0v) is 19.2. The van der Waals surface area contributed by atoms with Crippen LogP contribution in [-0.2, 0) is 14.8 Å². The largest absolute Gasteiger partial charge is 0.494 e. The second-order valence-corrected chi connectivity index (χ2v) is 10.0. The van der Waals surface area contributed by atoms with Gasteiger partial charge in [0.1, 0.15) is 5.75 Å². The Morgan fingerprint density at radius 3 is 2.67 bits per heavy atom. The zero-order valence-electron chi connectivity index (χ0n) is 18.4. The predicted octanol–water partition coefficient (Wildman–Crippen LogP) is 4.23. The van der Waals surface area contributed by atoms with E-state index in [2.05, 4.69) is 4.90 Å². The van der Waals surface area contributed by atoms with Crippen molar-refractivity contribution in [1.82, 2.24) is 8.87 Å². The van der Waals surface area contributed by atoms with E-state index in [0.29, 0.717) is 17.7 Å². The highest BCUT2D eigenvalue weighted by atomic mass is 32.2. The zero-order chi connectivity index (χ0) is 23.3. The van der Waals surface area contributed by atoms with Crippen LogP contribution < -0.4 is 4.74 Å². The van der Waals surface area contributed by atoms with E-state index >= 15 is 0 Å². The average molecular weight is 469 g/mol. The van der Waals surface area contributed by atoms with Gasteiger partial charge in [-0.2, -0.15) is 0 Å². The number of carbonyl (C=O) groups is 1. The minimum atomic E-state index is -3.84. The van der Waals surface area contributed by atoms with Crippen LogP contribution in [-0.4, -0.2) is 54.6 Å². The van der Waals surface area contributed by atoms with E-state index in [-0.39, 0.29) is 4.90 Å². The lowest BCUT2D eigenvalue weighted by Crippen LogP contribution is -2.31. The van der Waals surface area contributed by atoms with E-state index in [1.807, 2.05) is 6.07 Å². The number of aromatic nitrogens is 1. The first-order chi connectivity index (χ1) is 15.9. The number of aliphatic carboxylic acids is 1. The number of carboxylic acid groups (broad SMARTS) is 1. The van der Waals surface area contributed by atoms with Crippen LogP contribution >= 0.6 is 0 Å². The maximum atomic E-state index is 13.2. The molecular weight excluding hydrogens is 440 g/mol. The molecule has 1 aliphatic rings. The summed E-state index contributed by atoms with van der Waals surface area (Å²) in [5.74, 6) is -0.374. The van der Waals surface area contributed by atoms with E-state index in [1.165, 1.54) is 60.7 Å². The molecule has 0 atom stereocenters. The molecule has 7 nitrogen and oxygen atoms in total. The highest BCUT2D eigenvalue weighted by Crippen LogP contribution is 2.26. The van der Waals surface area contributed by atoms with E-state index in [1.54, 1.807) is 30.3 Å². The Balaban J connectivity index is 1.46. The van der Waals surface area contributed by atoms with Crippen LogP contribution in [0.1, 0.15) is 31.2 Å². The third-order valence-electron chi connectivity index (χ3n) is 5.80. The lowest BCUT2D eigenvalue weighted by atomic mass is 10.1. The number of nitrogens with zero attached hydrogens (tertiary/aromatic N) is 2. The fraction of sp³-hybridized carbons (Fsp3) is 0.320. The summed E-state index contributed by atoms with van der Waals surface area (Å²) in [5.41, 5.74) is 1.05. The third kappa shape index (κ3) is 5.64. The van der Waals surface area contributed by atoms with Crippen LogP contribution in [0.3, 0.4) is 0 Å². The molecule has 1 fully saturated rings. The second-order valence-electron chi connectivity index (χ2n) is 8.19. The van der Waals surface area contributed by atoms with Gasteiger partial charge in [0.25, 0.3) is 10.0 Å². The fourth-order valence-corrected chi connectivity index (χ4v) is 5.52. The van der Waals surface area contributed by atoms with Crippen molar-refractivity contribution in [2.75, 3.05) is 26.2 Å². The van der Waals surface area contributed by atoms with Crippen LogP contribution in [0.5, 0.6) is 5.75 Å². The number of carboxylic acids is 1. The lowest BCUT2D eigenvalue weighted by molar-refractivity contribution is -0.131. The summed E-state index contributed by atoms with van der Waals surface area (Å²) in [5, 5.41) is 9.57. The monoisotopic (exact) mass is 468 g/mol. The Labute approximate surface area is 193 Å². The summed E-state index contributed by atoms with van der Waals surface area (Å²) in [6, 6.07) is 13.4. The molecule has 0 aliphatic carbocycles. The molecule has 3 aromatic rings. The van der Waals surface area contributed by atoms with Gasteiger partial charge in [0.2, 0.25) is 0 Å². The molecule has 0 unspecified atom stereocenters. The molecule has 0 amide bonds. The Hall–Kier alpha value is -3.10. The third-order valence-corrected chi connectivity index (χ3v) is 7.48. The number of hydrogen-bond acceptors (Lipinski definition) is 5. The highest BCUT2D eigenvalue weighted by molar-refractivity contribution is 7.90. The summed E-state index contributed by atoms with van der Waals surface area (Å²) >= 11 is 0. The molecule has 1 saturated heterocycles. The number of rotatable bonds is 9. The van der Waals surface area contributed by atoms with Gasteiger partial charge in [-0.25, -0.2) is 17.2 Å². The van der Waals surface area contributed by atoms with E-state index in [0.717, 1.165) is 30.2 Å². The van der Waals surface area contributed by atoms with Gasteiger partial charge in [-0.1, -0.05) is 18.6 Å². The summed E-state index contributed by atoms with van der Waals surface area (Å²) < 4.78 is 33.6. The normalized spacial score (nSPS) is 15.3. The van der Waals surface area contributed by atoms with Gasteiger partial charge in [-0.15, -0.1) is 0 Å². The number of hydrogen-bond donors (Lipinski definition) is 1. The minimum absolute atomic E-state index is 0.0885. The molecule has 1 N–H and O–H groups in total. The quantitative estimate of drug-likeness (QED) is 0.373. The molecule has 8 heteroatoms. The van der Waals surface area contributed by atoms with Crippen LogP contribution in [0, 0.1) is 0 Å². The number of piperidine rings is 1. The highest BCUT2D eigenvalue weighted by Gasteiger charge is 2.19. The standard InChI is InChI=1S/C25H28N2O5S/c28-25(29)11-8-20-6-4-7-23(18-20)33(30,31)27-16-12-21-19-22(9-10-24(21)27)32-17-5-15-26-13-2-1-3-14-26/h4,6-12,16,18-19H,1-3,5,13-15,17H2,(H,28,29)/b11-8+. The predicted molar refractivity (Wildman–Crippen MR) is 128 cm³/mol. The van der Waals surface area contributed by atoms with Crippen molar-refractivity contribution in [3.63, 3.8) is 0 Å². The number of ether oxygens (including phenoxy) is 1. The van der Waals surface area contributed by atoms with Gasteiger partial charge in [0.15, 0.2) is 0 Å². The van der Waals surface area contributed by atoms with Gasteiger partial charge in [-0.3, -0.25) is 0 Å². The number of likely N-dealkylation sites (tertiary alicyclic amines) is 1. The Morgan fingerprint density at radius 2 is 1.88 bits per heavy atom.